The Hall–Kier alpha value is -1.89. The average molecular weight is 282 g/mol. The number of aliphatic hydroxyl groups is 1. The first-order valence-electron chi connectivity index (χ1n) is 6.80. The fourth-order valence-corrected chi connectivity index (χ4v) is 1.91. The molecule has 112 valence electrons. The smallest absolute Gasteiger partial charge is 0.311 e. The fraction of sp³-hybridized carbons (Fsp3) is 0.615. The van der Waals surface area contributed by atoms with Crippen molar-refractivity contribution in [3.05, 3.63) is 22.2 Å². The molecule has 0 aliphatic carbocycles. The number of anilines is 2. The van der Waals surface area contributed by atoms with Crippen LogP contribution in [0.3, 0.4) is 0 Å². The number of hydrogen-bond acceptors (Lipinski definition) is 6. The van der Waals surface area contributed by atoms with Crippen molar-refractivity contribution >= 4 is 17.3 Å². The molecule has 0 radical (unpaired) electrons. The van der Waals surface area contributed by atoms with Gasteiger partial charge < -0.3 is 15.7 Å². The highest BCUT2D eigenvalue weighted by Crippen LogP contribution is 2.29. The maximum absolute atomic E-state index is 11.1. The molecule has 0 unspecified atom stereocenters. The third-order valence-electron chi connectivity index (χ3n) is 3.47. The lowest BCUT2D eigenvalue weighted by molar-refractivity contribution is -0.384. The van der Waals surface area contributed by atoms with Gasteiger partial charge in [-0.05, 0) is 25.8 Å². The van der Waals surface area contributed by atoms with Crippen LogP contribution in [-0.4, -0.2) is 33.7 Å². The Balaban J connectivity index is 3.18. The molecule has 1 aromatic heterocycles. The zero-order valence-corrected chi connectivity index (χ0v) is 12.1. The number of aliphatic hydroxyl groups excluding tert-OH is 1. The summed E-state index contributed by atoms with van der Waals surface area (Å²) in [5.41, 5.74) is -0.686. The van der Waals surface area contributed by atoms with Crippen LogP contribution in [0.25, 0.3) is 0 Å². The molecule has 0 amide bonds. The van der Waals surface area contributed by atoms with Crippen molar-refractivity contribution in [3.8, 4) is 0 Å². The van der Waals surface area contributed by atoms with E-state index in [0.717, 1.165) is 0 Å². The van der Waals surface area contributed by atoms with Gasteiger partial charge in [0, 0.05) is 12.6 Å². The third kappa shape index (κ3) is 3.57. The lowest BCUT2D eigenvalue weighted by Gasteiger charge is -2.31. The van der Waals surface area contributed by atoms with Crippen LogP contribution in [0.1, 0.15) is 33.6 Å². The van der Waals surface area contributed by atoms with E-state index in [4.69, 9.17) is 0 Å². The molecule has 0 saturated carbocycles. The van der Waals surface area contributed by atoms with Crippen molar-refractivity contribution in [1.82, 2.24) is 4.98 Å². The first-order valence-corrected chi connectivity index (χ1v) is 6.80. The molecule has 0 fully saturated rings. The third-order valence-corrected chi connectivity index (χ3v) is 3.47. The van der Waals surface area contributed by atoms with E-state index in [1.54, 1.807) is 6.07 Å². The Bertz CT molecular complexity index is 453. The normalized spacial score (nSPS) is 11.2. The lowest BCUT2D eigenvalue weighted by atomic mass is 9.94. The van der Waals surface area contributed by atoms with E-state index in [1.807, 2.05) is 20.8 Å². The summed E-state index contributed by atoms with van der Waals surface area (Å²) < 4.78 is 0. The highest BCUT2D eigenvalue weighted by Gasteiger charge is 2.29. The molecule has 0 saturated heterocycles. The van der Waals surface area contributed by atoms with E-state index in [1.165, 1.54) is 6.07 Å². The van der Waals surface area contributed by atoms with Crippen molar-refractivity contribution in [1.29, 1.82) is 0 Å². The molecule has 0 aliphatic rings. The Labute approximate surface area is 118 Å². The van der Waals surface area contributed by atoms with Crippen molar-refractivity contribution < 1.29 is 10.0 Å². The Morgan fingerprint density at radius 3 is 2.45 bits per heavy atom. The quantitative estimate of drug-likeness (QED) is 0.500. The fourth-order valence-electron chi connectivity index (χ4n) is 1.91. The van der Waals surface area contributed by atoms with Gasteiger partial charge in [-0.2, -0.15) is 0 Å². The van der Waals surface area contributed by atoms with Gasteiger partial charge in [0.25, 0.3) is 0 Å². The molecule has 0 aliphatic heterocycles. The zero-order valence-electron chi connectivity index (χ0n) is 12.1. The molecule has 0 atom stereocenters. The van der Waals surface area contributed by atoms with E-state index in [2.05, 4.69) is 15.6 Å². The minimum Gasteiger partial charge on any atom is -0.394 e. The second kappa shape index (κ2) is 7.04. The van der Waals surface area contributed by atoms with Crippen molar-refractivity contribution in [3.63, 3.8) is 0 Å². The number of rotatable bonds is 8. The molecular weight excluding hydrogens is 260 g/mol. The minimum absolute atomic E-state index is 0.0913. The number of nitrogens with one attached hydrogen (secondary N) is 2. The summed E-state index contributed by atoms with van der Waals surface area (Å²) in [7, 11) is 0. The van der Waals surface area contributed by atoms with Crippen LogP contribution in [0.4, 0.5) is 17.3 Å². The summed E-state index contributed by atoms with van der Waals surface area (Å²) in [6, 6.07) is 2.99. The molecule has 7 heteroatoms. The molecule has 1 rings (SSSR count). The topological polar surface area (TPSA) is 100 Å². The van der Waals surface area contributed by atoms with Crippen LogP contribution in [0.15, 0.2) is 12.1 Å². The predicted molar refractivity (Wildman–Crippen MR) is 79.1 cm³/mol. The van der Waals surface area contributed by atoms with Gasteiger partial charge in [-0.3, -0.25) is 10.1 Å². The number of hydrogen-bond donors (Lipinski definition) is 3. The van der Waals surface area contributed by atoms with Crippen LogP contribution in [0.2, 0.25) is 0 Å². The van der Waals surface area contributed by atoms with Gasteiger partial charge in [-0.15, -0.1) is 0 Å². The summed E-state index contributed by atoms with van der Waals surface area (Å²) >= 11 is 0. The first-order chi connectivity index (χ1) is 9.51. The summed E-state index contributed by atoms with van der Waals surface area (Å²) in [6.07, 6.45) is 1.29. The first kappa shape index (κ1) is 16.2. The van der Waals surface area contributed by atoms with Gasteiger partial charge in [-0.1, -0.05) is 13.8 Å². The maximum atomic E-state index is 11.1. The lowest BCUT2D eigenvalue weighted by Crippen LogP contribution is -2.41. The molecule has 0 aromatic carbocycles. The van der Waals surface area contributed by atoms with Gasteiger partial charge in [0.1, 0.15) is 5.82 Å². The average Bonchev–Trinajstić information content (AvgIpc) is 2.45. The van der Waals surface area contributed by atoms with E-state index in [-0.39, 0.29) is 18.1 Å². The predicted octanol–water partition coefficient (Wildman–Crippen LogP) is 2.38. The second-order valence-corrected chi connectivity index (χ2v) is 4.62. The van der Waals surface area contributed by atoms with Gasteiger partial charge in [0.05, 0.1) is 17.1 Å². The van der Waals surface area contributed by atoms with E-state index >= 15 is 0 Å². The van der Waals surface area contributed by atoms with Crippen LogP contribution in [0, 0.1) is 10.1 Å². The number of nitro groups is 1. The van der Waals surface area contributed by atoms with Crippen molar-refractivity contribution in [2.45, 2.75) is 39.2 Å². The number of pyridine rings is 1. The zero-order chi connectivity index (χ0) is 15.2. The standard InChI is InChI=1S/C13H22N4O3/c1-4-13(5-2,9-18)16-12-10(17(19)20)7-8-11(15-12)14-6-3/h7-8,18H,4-6,9H2,1-3H3,(H2,14,15,16). The van der Waals surface area contributed by atoms with Crippen LogP contribution >= 0.6 is 0 Å². The molecule has 7 nitrogen and oxygen atoms in total. The molecule has 20 heavy (non-hydrogen) atoms. The summed E-state index contributed by atoms with van der Waals surface area (Å²) in [6.45, 7) is 6.34. The van der Waals surface area contributed by atoms with Crippen LogP contribution in [-0.2, 0) is 0 Å². The van der Waals surface area contributed by atoms with Crippen LogP contribution in [0.5, 0.6) is 0 Å². The van der Waals surface area contributed by atoms with Gasteiger partial charge in [0.2, 0.25) is 5.82 Å². The van der Waals surface area contributed by atoms with Gasteiger partial charge >= 0.3 is 5.69 Å². The minimum atomic E-state index is -0.595. The highest BCUT2D eigenvalue weighted by molar-refractivity contribution is 5.61. The summed E-state index contributed by atoms with van der Waals surface area (Å²) in [4.78, 5) is 14.8. The Morgan fingerprint density at radius 1 is 1.35 bits per heavy atom. The van der Waals surface area contributed by atoms with E-state index < -0.39 is 10.5 Å². The van der Waals surface area contributed by atoms with Crippen molar-refractivity contribution in [2.24, 2.45) is 0 Å². The SMILES string of the molecule is CCNc1ccc([N+](=O)[O-])c(NC(CC)(CC)CO)n1. The van der Waals surface area contributed by atoms with E-state index in [0.29, 0.717) is 25.2 Å². The molecule has 0 spiro atoms. The Morgan fingerprint density at radius 2 is 2.00 bits per heavy atom. The summed E-state index contributed by atoms with van der Waals surface area (Å²) in [5, 5.41) is 26.7. The van der Waals surface area contributed by atoms with Gasteiger partial charge in [0.15, 0.2) is 0 Å². The number of nitrogens with zero attached hydrogens (tertiary/aromatic N) is 2. The van der Waals surface area contributed by atoms with Gasteiger partial charge in [-0.25, -0.2) is 4.98 Å². The molecule has 3 N–H and O–H groups in total. The Kier molecular flexibility index (Phi) is 5.69. The highest BCUT2D eigenvalue weighted by atomic mass is 16.6. The maximum Gasteiger partial charge on any atom is 0.311 e. The molecule has 1 aromatic rings. The summed E-state index contributed by atoms with van der Waals surface area (Å²) in [5.74, 6) is 0.755. The van der Waals surface area contributed by atoms with Crippen LogP contribution < -0.4 is 10.6 Å². The molecular formula is C13H22N4O3. The van der Waals surface area contributed by atoms with Crippen molar-refractivity contribution in [2.75, 3.05) is 23.8 Å². The largest absolute Gasteiger partial charge is 0.394 e. The second-order valence-electron chi connectivity index (χ2n) is 4.62. The van der Waals surface area contributed by atoms with E-state index in [9.17, 15) is 15.2 Å². The monoisotopic (exact) mass is 282 g/mol. The molecule has 0 bridgehead atoms. The number of aromatic nitrogens is 1. The molecule has 1 heterocycles.